The lowest BCUT2D eigenvalue weighted by atomic mass is 9.86. The Balaban J connectivity index is 2.01. The van der Waals surface area contributed by atoms with E-state index in [1.54, 1.807) is 12.5 Å². The molecule has 0 unspecified atom stereocenters. The van der Waals surface area contributed by atoms with E-state index in [1.165, 1.54) is 0 Å². The molecule has 2 N–H and O–H groups in total. The SMILES string of the molecule is CN(Cc1ccoc1)C1(CC(=O)O)CNC1. The maximum absolute atomic E-state index is 10.8. The van der Waals surface area contributed by atoms with Crippen LogP contribution in [0.3, 0.4) is 0 Å². The van der Waals surface area contributed by atoms with Gasteiger partial charge >= 0.3 is 5.97 Å². The number of rotatable bonds is 5. The topological polar surface area (TPSA) is 65.7 Å². The quantitative estimate of drug-likeness (QED) is 0.763. The van der Waals surface area contributed by atoms with Crippen LogP contribution < -0.4 is 5.32 Å². The van der Waals surface area contributed by atoms with Crippen LogP contribution in [0.1, 0.15) is 12.0 Å². The molecule has 0 atom stereocenters. The fourth-order valence-corrected chi connectivity index (χ4v) is 2.05. The van der Waals surface area contributed by atoms with Crippen LogP contribution in [0.25, 0.3) is 0 Å². The predicted octanol–water partition coefficient (Wildman–Crippen LogP) is 0.528. The molecule has 1 aromatic rings. The highest BCUT2D eigenvalue weighted by Gasteiger charge is 2.42. The normalized spacial score (nSPS) is 18.4. The molecule has 1 fully saturated rings. The van der Waals surface area contributed by atoms with E-state index in [4.69, 9.17) is 9.52 Å². The number of hydrogen-bond acceptors (Lipinski definition) is 4. The van der Waals surface area contributed by atoms with Gasteiger partial charge in [-0.2, -0.15) is 0 Å². The predicted molar refractivity (Wildman–Crippen MR) is 58.0 cm³/mol. The van der Waals surface area contributed by atoms with Crippen molar-refractivity contribution in [2.75, 3.05) is 20.1 Å². The Morgan fingerprint density at radius 3 is 2.88 bits per heavy atom. The summed E-state index contributed by atoms with van der Waals surface area (Å²) in [4.78, 5) is 12.9. The van der Waals surface area contributed by atoms with Crippen molar-refractivity contribution in [1.82, 2.24) is 10.2 Å². The largest absolute Gasteiger partial charge is 0.481 e. The number of carboxylic acids is 1. The Morgan fingerprint density at radius 2 is 2.44 bits per heavy atom. The molecule has 2 rings (SSSR count). The summed E-state index contributed by atoms with van der Waals surface area (Å²) in [5, 5.41) is 12.1. The van der Waals surface area contributed by atoms with Gasteiger partial charge in [0.2, 0.25) is 0 Å². The van der Waals surface area contributed by atoms with E-state index < -0.39 is 5.97 Å². The maximum atomic E-state index is 10.8. The molecule has 1 aromatic heterocycles. The molecule has 0 radical (unpaired) electrons. The van der Waals surface area contributed by atoms with E-state index in [0.29, 0.717) is 6.54 Å². The summed E-state index contributed by atoms with van der Waals surface area (Å²) >= 11 is 0. The average Bonchev–Trinajstić information content (AvgIpc) is 2.63. The molecule has 0 bridgehead atoms. The van der Waals surface area contributed by atoms with E-state index in [-0.39, 0.29) is 12.0 Å². The molecular formula is C11H16N2O3. The Morgan fingerprint density at radius 1 is 1.69 bits per heavy atom. The molecule has 2 heterocycles. The maximum Gasteiger partial charge on any atom is 0.305 e. The van der Waals surface area contributed by atoms with E-state index in [9.17, 15) is 4.79 Å². The molecular weight excluding hydrogens is 208 g/mol. The van der Waals surface area contributed by atoms with Gasteiger partial charge in [-0.05, 0) is 13.1 Å². The summed E-state index contributed by atoms with van der Waals surface area (Å²) in [7, 11) is 1.96. The summed E-state index contributed by atoms with van der Waals surface area (Å²) in [5.74, 6) is -0.749. The Labute approximate surface area is 94.0 Å². The number of furan rings is 1. The second-order valence-electron chi connectivity index (χ2n) is 4.39. The number of nitrogens with zero attached hydrogens (tertiary/aromatic N) is 1. The standard InChI is InChI=1S/C11H16N2O3/c1-13(5-9-2-3-16-6-9)11(4-10(14)15)7-12-8-11/h2-3,6,12H,4-5,7-8H2,1H3,(H,14,15). The molecule has 1 aliphatic rings. The summed E-state index contributed by atoms with van der Waals surface area (Å²) < 4.78 is 5.00. The third-order valence-corrected chi connectivity index (χ3v) is 3.20. The van der Waals surface area contributed by atoms with Gasteiger partial charge in [0.05, 0.1) is 24.5 Å². The van der Waals surface area contributed by atoms with Crippen LogP contribution in [0.2, 0.25) is 0 Å². The van der Waals surface area contributed by atoms with Crippen molar-refractivity contribution in [1.29, 1.82) is 0 Å². The summed E-state index contributed by atoms with van der Waals surface area (Å²) in [6.07, 6.45) is 3.50. The molecule has 0 aliphatic carbocycles. The number of carboxylic acid groups (broad SMARTS) is 1. The molecule has 1 saturated heterocycles. The second-order valence-corrected chi connectivity index (χ2v) is 4.39. The molecule has 0 aromatic carbocycles. The monoisotopic (exact) mass is 224 g/mol. The van der Waals surface area contributed by atoms with Crippen LogP contribution in [0.15, 0.2) is 23.0 Å². The number of hydrogen-bond donors (Lipinski definition) is 2. The van der Waals surface area contributed by atoms with Crippen molar-refractivity contribution in [2.45, 2.75) is 18.5 Å². The van der Waals surface area contributed by atoms with E-state index >= 15 is 0 Å². The third kappa shape index (κ3) is 2.10. The average molecular weight is 224 g/mol. The minimum Gasteiger partial charge on any atom is -0.481 e. The van der Waals surface area contributed by atoms with Gasteiger partial charge in [0.25, 0.3) is 0 Å². The summed E-state index contributed by atoms with van der Waals surface area (Å²) in [5.41, 5.74) is 0.822. The Hall–Kier alpha value is -1.33. The van der Waals surface area contributed by atoms with Crippen molar-refractivity contribution in [2.24, 2.45) is 0 Å². The number of carbonyl (C=O) groups is 1. The van der Waals surface area contributed by atoms with Crippen molar-refractivity contribution in [3.63, 3.8) is 0 Å². The van der Waals surface area contributed by atoms with Crippen LogP contribution >= 0.6 is 0 Å². The fourth-order valence-electron chi connectivity index (χ4n) is 2.05. The van der Waals surface area contributed by atoms with Crippen molar-refractivity contribution >= 4 is 5.97 Å². The molecule has 5 nitrogen and oxygen atoms in total. The minimum absolute atomic E-state index is 0.175. The first-order valence-corrected chi connectivity index (χ1v) is 5.27. The van der Waals surface area contributed by atoms with E-state index in [1.807, 2.05) is 13.1 Å². The van der Waals surface area contributed by atoms with Crippen LogP contribution in [0, 0.1) is 0 Å². The van der Waals surface area contributed by atoms with E-state index in [0.717, 1.165) is 18.7 Å². The zero-order chi connectivity index (χ0) is 11.6. The highest BCUT2D eigenvalue weighted by atomic mass is 16.4. The van der Waals surface area contributed by atoms with Gasteiger partial charge in [0, 0.05) is 25.2 Å². The molecule has 0 spiro atoms. The molecule has 88 valence electrons. The van der Waals surface area contributed by atoms with Crippen molar-refractivity contribution in [3.8, 4) is 0 Å². The van der Waals surface area contributed by atoms with Gasteiger partial charge in [0.1, 0.15) is 0 Å². The highest BCUT2D eigenvalue weighted by Crippen LogP contribution is 2.25. The molecule has 5 heteroatoms. The van der Waals surface area contributed by atoms with Gasteiger partial charge < -0.3 is 14.8 Å². The lowest BCUT2D eigenvalue weighted by molar-refractivity contribution is -0.141. The van der Waals surface area contributed by atoms with Gasteiger partial charge in [-0.15, -0.1) is 0 Å². The first-order valence-electron chi connectivity index (χ1n) is 5.27. The van der Waals surface area contributed by atoms with Gasteiger partial charge in [-0.3, -0.25) is 9.69 Å². The summed E-state index contributed by atoms with van der Waals surface area (Å²) in [6, 6.07) is 1.90. The van der Waals surface area contributed by atoms with E-state index in [2.05, 4.69) is 10.2 Å². The Kier molecular flexibility index (Phi) is 2.98. The van der Waals surface area contributed by atoms with Crippen LogP contribution in [0.5, 0.6) is 0 Å². The van der Waals surface area contributed by atoms with Gasteiger partial charge in [-0.25, -0.2) is 0 Å². The van der Waals surface area contributed by atoms with Gasteiger partial charge in [0.15, 0.2) is 0 Å². The zero-order valence-corrected chi connectivity index (χ0v) is 9.27. The smallest absolute Gasteiger partial charge is 0.305 e. The number of aliphatic carboxylic acids is 1. The first-order chi connectivity index (χ1) is 7.62. The lowest BCUT2D eigenvalue weighted by Crippen LogP contribution is -2.68. The van der Waals surface area contributed by atoms with Crippen LogP contribution in [0.4, 0.5) is 0 Å². The lowest BCUT2D eigenvalue weighted by Gasteiger charge is -2.48. The third-order valence-electron chi connectivity index (χ3n) is 3.20. The second kappa shape index (κ2) is 4.27. The molecule has 1 aliphatic heterocycles. The number of likely N-dealkylation sites (N-methyl/N-ethyl adjacent to an activating group) is 1. The summed E-state index contributed by atoms with van der Waals surface area (Å²) in [6.45, 7) is 2.17. The molecule has 16 heavy (non-hydrogen) atoms. The first kappa shape index (κ1) is 11.2. The fraction of sp³-hybridized carbons (Fsp3) is 0.545. The van der Waals surface area contributed by atoms with Crippen molar-refractivity contribution < 1.29 is 14.3 Å². The minimum atomic E-state index is -0.749. The zero-order valence-electron chi connectivity index (χ0n) is 9.27. The van der Waals surface area contributed by atoms with Crippen molar-refractivity contribution in [3.05, 3.63) is 24.2 Å². The van der Waals surface area contributed by atoms with Crippen LogP contribution in [-0.2, 0) is 11.3 Å². The van der Waals surface area contributed by atoms with Gasteiger partial charge in [-0.1, -0.05) is 0 Å². The highest BCUT2D eigenvalue weighted by molar-refractivity contribution is 5.68. The number of nitrogens with one attached hydrogen (secondary N) is 1. The molecule has 0 amide bonds. The van der Waals surface area contributed by atoms with Crippen LogP contribution in [-0.4, -0.2) is 41.7 Å². The molecule has 0 saturated carbocycles. The Bertz CT molecular complexity index is 357.